The summed E-state index contributed by atoms with van der Waals surface area (Å²) in [5.41, 5.74) is 7.22. The highest BCUT2D eigenvalue weighted by atomic mass is 31.2. The fraction of sp³-hybridized carbons (Fsp3) is 0.500. The van der Waals surface area contributed by atoms with Crippen LogP contribution in [0.2, 0.25) is 0 Å². The number of nitrogens with two attached hydrogens (primary N) is 1. The molecule has 1 fully saturated rings. The summed E-state index contributed by atoms with van der Waals surface area (Å²) in [5, 5.41) is 0. The molecule has 1 aromatic carbocycles. The van der Waals surface area contributed by atoms with Gasteiger partial charge in [-0.05, 0) is 31.5 Å². The zero-order chi connectivity index (χ0) is 12.5. The average Bonchev–Trinajstić information content (AvgIpc) is 2.19. The first-order valence-corrected chi connectivity index (χ1v) is 7.50. The van der Waals surface area contributed by atoms with E-state index in [4.69, 9.17) is 14.8 Å². The molecule has 2 unspecified atom stereocenters. The van der Waals surface area contributed by atoms with Crippen LogP contribution in [0.25, 0.3) is 0 Å². The van der Waals surface area contributed by atoms with Gasteiger partial charge in [0.1, 0.15) is 0 Å². The minimum atomic E-state index is -3.00. The fourth-order valence-electron chi connectivity index (χ4n) is 2.05. The summed E-state index contributed by atoms with van der Waals surface area (Å²) in [6.07, 6.45) is 1.06. The Hall–Kier alpha value is -0.830. The van der Waals surface area contributed by atoms with Crippen molar-refractivity contribution in [2.75, 3.05) is 5.73 Å². The van der Waals surface area contributed by atoms with E-state index in [2.05, 4.69) is 0 Å². The molecule has 94 valence electrons. The average molecular weight is 255 g/mol. The SMILES string of the molecule is CC1CC(C)OP(=O)(Cc2ccc(N)cc2)O1. The quantitative estimate of drug-likeness (QED) is 0.651. The maximum atomic E-state index is 12.4. The van der Waals surface area contributed by atoms with Crippen LogP contribution in [0.3, 0.4) is 0 Å². The molecule has 0 saturated carbocycles. The summed E-state index contributed by atoms with van der Waals surface area (Å²) in [5.74, 6) is 0. The van der Waals surface area contributed by atoms with Crippen molar-refractivity contribution >= 4 is 13.3 Å². The number of hydrogen-bond acceptors (Lipinski definition) is 4. The summed E-state index contributed by atoms with van der Waals surface area (Å²) in [4.78, 5) is 0. The third kappa shape index (κ3) is 3.32. The van der Waals surface area contributed by atoms with Crippen LogP contribution in [0.4, 0.5) is 5.69 Å². The third-order valence-electron chi connectivity index (χ3n) is 2.70. The normalized spacial score (nSPS) is 33.5. The first-order valence-electron chi connectivity index (χ1n) is 5.77. The van der Waals surface area contributed by atoms with Crippen LogP contribution >= 0.6 is 7.60 Å². The molecular formula is C12H18NO3P. The van der Waals surface area contributed by atoms with Crippen molar-refractivity contribution in [1.82, 2.24) is 0 Å². The molecule has 0 aliphatic carbocycles. The van der Waals surface area contributed by atoms with Gasteiger partial charge in [0.2, 0.25) is 0 Å². The fourth-order valence-corrected chi connectivity index (χ4v) is 4.17. The van der Waals surface area contributed by atoms with E-state index in [1.54, 1.807) is 12.1 Å². The molecule has 0 radical (unpaired) electrons. The number of nitrogen functional groups attached to an aromatic ring is 1. The van der Waals surface area contributed by atoms with E-state index in [9.17, 15) is 4.57 Å². The molecule has 5 heteroatoms. The molecule has 2 N–H and O–H groups in total. The van der Waals surface area contributed by atoms with Crippen LogP contribution < -0.4 is 5.73 Å². The van der Waals surface area contributed by atoms with Gasteiger partial charge in [0.15, 0.2) is 0 Å². The highest BCUT2D eigenvalue weighted by Gasteiger charge is 2.35. The second-order valence-electron chi connectivity index (χ2n) is 4.58. The Balaban J connectivity index is 2.11. The van der Waals surface area contributed by atoms with Crippen LogP contribution in [0.5, 0.6) is 0 Å². The molecule has 1 aliphatic heterocycles. The second-order valence-corrected chi connectivity index (χ2v) is 6.54. The second kappa shape index (κ2) is 4.81. The van der Waals surface area contributed by atoms with Crippen molar-refractivity contribution in [2.45, 2.75) is 38.6 Å². The number of benzene rings is 1. The topological polar surface area (TPSA) is 61.5 Å². The Morgan fingerprint density at radius 1 is 1.24 bits per heavy atom. The van der Waals surface area contributed by atoms with E-state index in [1.807, 2.05) is 26.0 Å². The van der Waals surface area contributed by atoms with Gasteiger partial charge in [-0.3, -0.25) is 4.57 Å². The zero-order valence-electron chi connectivity index (χ0n) is 10.1. The van der Waals surface area contributed by atoms with Crippen LogP contribution in [0, 0.1) is 0 Å². The molecular weight excluding hydrogens is 237 g/mol. The first kappa shape index (κ1) is 12.6. The van der Waals surface area contributed by atoms with Crippen molar-refractivity contribution in [2.24, 2.45) is 0 Å². The Kier molecular flexibility index (Phi) is 3.57. The molecule has 1 saturated heterocycles. The van der Waals surface area contributed by atoms with Crippen molar-refractivity contribution < 1.29 is 13.6 Å². The van der Waals surface area contributed by atoms with E-state index < -0.39 is 7.60 Å². The highest BCUT2D eigenvalue weighted by molar-refractivity contribution is 7.53. The van der Waals surface area contributed by atoms with E-state index in [1.165, 1.54) is 0 Å². The van der Waals surface area contributed by atoms with Crippen LogP contribution in [-0.4, -0.2) is 12.2 Å². The van der Waals surface area contributed by atoms with E-state index in [0.29, 0.717) is 11.8 Å². The van der Waals surface area contributed by atoms with Gasteiger partial charge in [-0.2, -0.15) is 0 Å². The molecule has 4 nitrogen and oxygen atoms in total. The summed E-state index contributed by atoms with van der Waals surface area (Å²) in [7, 11) is -3.00. The zero-order valence-corrected chi connectivity index (χ0v) is 11.0. The van der Waals surface area contributed by atoms with E-state index in [-0.39, 0.29) is 12.2 Å². The highest BCUT2D eigenvalue weighted by Crippen LogP contribution is 2.56. The Morgan fingerprint density at radius 2 is 1.76 bits per heavy atom. The molecule has 1 heterocycles. The van der Waals surface area contributed by atoms with Gasteiger partial charge in [-0.25, -0.2) is 0 Å². The summed E-state index contributed by atoms with van der Waals surface area (Å²) < 4.78 is 23.4. The van der Waals surface area contributed by atoms with Crippen molar-refractivity contribution in [3.05, 3.63) is 29.8 Å². The predicted octanol–water partition coefficient (Wildman–Crippen LogP) is 3.18. The van der Waals surface area contributed by atoms with Gasteiger partial charge in [0.25, 0.3) is 0 Å². The van der Waals surface area contributed by atoms with Gasteiger partial charge in [0.05, 0.1) is 18.4 Å². The monoisotopic (exact) mass is 255 g/mol. The van der Waals surface area contributed by atoms with Gasteiger partial charge in [0, 0.05) is 12.1 Å². The van der Waals surface area contributed by atoms with Gasteiger partial charge < -0.3 is 14.8 Å². The summed E-state index contributed by atoms with van der Waals surface area (Å²) in [6, 6.07) is 7.29. The number of anilines is 1. The van der Waals surface area contributed by atoms with Crippen LogP contribution in [0.1, 0.15) is 25.8 Å². The largest absolute Gasteiger partial charge is 0.399 e. The predicted molar refractivity (Wildman–Crippen MR) is 67.9 cm³/mol. The summed E-state index contributed by atoms with van der Waals surface area (Å²) in [6.45, 7) is 3.85. The van der Waals surface area contributed by atoms with Crippen LogP contribution in [-0.2, 0) is 19.8 Å². The van der Waals surface area contributed by atoms with Gasteiger partial charge >= 0.3 is 7.60 Å². The van der Waals surface area contributed by atoms with E-state index in [0.717, 1.165) is 12.0 Å². The maximum absolute atomic E-state index is 12.4. The standard InChI is InChI=1S/C12H18NO3P/c1-9-7-10(2)16-17(14,15-9)8-11-3-5-12(13)6-4-11/h3-6,9-10H,7-8,13H2,1-2H3. The Bertz CT molecular complexity index is 418. The van der Waals surface area contributed by atoms with Gasteiger partial charge in [-0.1, -0.05) is 12.1 Å². The lowest BCUT2D eigenvalue weighted by Crippen LogP contribution is -2.24. The van der Waals surface area contributed by atoms with Crippen molar-refractivity contribution in [1.29, 1.82) is 0 Å². The van der Waals surface area contributed by atoms with E-state index >= 15 is 0 Å². The van der Waals surface area contributed by atoms with Crippen LogP contribution in [0.15, 0.2) is 24.3 Å². The molecule has 1 aromatic rings. The minimum absolute atomic E-state index is 0.0154. The molecule has 2 atom stereocenters. The van der Waals surface area contributed by atoms with Gasteiger partial charge in [-0.15, -0.1) is 0 Å². The molecule has 0 amide bonds. The lowest BCUT2D eigenvalue weighted by molar-refractivity contribution is 0.0479. The van der Waals surface area contributed by atoms with Crippen molar-refractivity contribution in [3.8, 4) is 0 Å². The molecule has 0 bridgehead atoms. The first-order chi connectivity index (χ1) is 7.97. The molecule has 0 spiro atoms. The minimum Gasteiger partial charge on any atom is -0.399 e. The van der Waals surface area contributed by atoms with Crippen molar-refractivity contribution in [3.63, 3.8) is 0 Å². The Labute approximate surface area is 102 Å². The molecule has 1 aliphatic rings. The summed E-state index contributed by atoms with van der Waals surface area (Å²) >= 11 is 0. The lowest BCUT2D eigenvalue weighted by Gasteiger charge is -2.32. The molecule has 17 heavy (non-hydrogen) atoms. The molecule has 0 aromatic heterocycles. The smallest absolute Gasteiger partial charge is 0.335 e. The number of rotatable bonds is 2. The molecule has 2 rings (SSSR count). The number of hydrogen-bond donors (Lipinski definition) is 1. The lowest BCUT2D eigenvalue weighted by atomic mass is 10.2. The third-order valence-corrected chi connectivity index (χ3v) is 4.82. The maximum Gasteiger partial charge on any atom is 0.335 e. The Morgan fingerprint density at radius 3 is 2.29 bits per heavy atom.